The van der Waals surface area contributed by atoms with E-state index in [1.165, 1.54) is 61.9 Å². The molecule has 2 heterocycles. The molecule has 0 atom stereocenters. The summed E-state index contributed by atoms with van der Waals surface area (Å²) in [5, 5.41) is 3.67. The van der Waals surface area contributed by atoms with Gasteiger partial charge in [-0.25, -0.2) is 4.98 Å². The van der Waals surface area contributed by atoms with Crippen LogP contribution in [0.2, 0.25) is 0 Å². The number of carbonyl (C=O) groups excluding carboxylic acids is 2. The highest BCUT2D eigenvalue weighted by atomic mass is 32.1. The standard InChI is InChI=1S/C21H33N3O2S/c25-19(16-24-15-11-7-10-14-20(24)26)23-21-22-17-12-8-5-3-1-2-4-6-9-13-18(17)27-21/h1-16H2,(H,22,23,25). The second kappa shape index (κ2) is 10.8. The molecule has 3 rings (SSSR count). The maximum absolute atomic E-state index is 12.4. The van der Waals surface area contributed by atoms with Gasteiger partial charge in [0, 0.05) is 17.8 Å². The molecule has 0 unspecified atom stereocenters. The lowest BCUT2D eigenvalue weighted by atomic mass is 10.0. The Kier molecular flexibility index (Phi) is 8.11. The van der Waals surface area contributed by atoms with Crippen molar-refractivity contribution in [3.05, 3.63) is 10.6 Å². The normalized spacial score (nSPS) is 20.1. The third kappa shape index (κ3) is 6.59. The molecule has 5 nitrogen and oxygen atoms in total. The average Bonchev–Trinajstić information content (AvgIpc) is 2.89. The Morgan fingerprint density at radius 1 is 0.889 bits per heavy atom. The SMILES string of the molecule is O=C(CN1CCCCCC1=O)Nc1nc2c(s1)CCCCCCCCCC2. The van der Waals surface area contributed by atoms with Gasteiger partial charge in [0.25, 0.3) is 0 Å². The van der Waals surface area contributed by atoms with Crippen LogP contribution in [-0.2, 0) is 22.4 Å². The molecule has 0 saturated carbocycles. The number of carbonyl (C=O) groups is 2. The zero-order chi connectivity index (χ0) is 18.9. The van der Waals surface area contributed by atoms with Crippen LogP contribution in [0, 0.1) is 0 Å². The first-order chi connectivity index (χ1) is 13.2. The van der Waals surface area contributed by atoms with Crippen LogP contribution in [0.5, 0.6) is 0 Å². The lowest BCUT2D eigenvalue weighted by molar-refractivity contribution is -0.134. The van der Waals surface area contributed by atoms with Crippen molar-refractivity contribution < 1.29 is 9.59 Å². The number of hydrogen-bond acceptors (Lipinski definition) is 4. The van der Waals surface area contributed by atoms with E-state index in [0.717, 1.165) is 32.1 Å². The molecule has 6 heteroatoms. The van der Waals surface area contributed by atoms with Crippen LogP contribution in [0.3, 0.4) is 0 Å². The third-order valence-electron chi connectivity index (χ3n) is 5.60. The smallest absolute Gasteiger partial charge is 0.245 e. The van der Waals surface area contributed by atoms with Crippen molar-refractivity contribution in [1.29, 1.82) is 0 Å². The molecule has 150 valence electrons. The van der Waals surface area contributed by atoms with E-state index in [-0.39, 0.29) is 18.4 Å². The van der Waals surface area contributed by atoms with Crippen molar-refractivity contribution >= 4 is 28.3 Å². The van der Waals surface area contributed by atoms with Crippen LogP contribution in [0.1, 0.15) is 87.6 Å². The molecule has 1 saturated heterocycles. The minimum atomic E-state index is -0.116. The summed E-state index contributed by atoms with van der Waals surface area (Å²) >= 11 is 1.63. The molecule has 1 N–H and O–H groups in total. The van der Waals surface area contributed by atoms with Crippen molar-refractivity contribution in [2.45, 2.75) is 89.9 Å². The Bertz CT molecular complexity index is 599. The van der Waals surface area contributed by atoms with Gasteiger partial charge >= 0.3 is 0 Å². The molecule has 0 spiro atoms. The number of nitrogens with zero attached hydrogens (tertiary/aromatic N) is 2. The molecule has 1 aliphatic heterocycles. The van der Waals surface area contributed by atoms with Crippen molar-refractivity contribution in [2.24, 2.45) is 0 Å². The summed E-state index contributed by atoms with van der Waals surface area (Å²) in [5.41, 5.74) is 1.18. The molecule has 2 amide bonds. The predicted molar refractivity (Wildman–Crippen MR) is 110 cm³/mol. The largest absolute Gasteiger partial charge is 0.333 e. The van der Waals surface area contributed by atoms with E-state index in [9.17, 15) is 9.59 Å². The summed E-state index contributed by atoms with van der Waals surface area (Å²) in [6, 6.07) is 0. The Balaban J connectivity index is 1.58. The van der Waals surface area contributed by atoms with Crippen LogP contribution in [0.25, 0.3) is 0 Å². The van der Waals surface area contributed by atoms with Gasteiger partial charge < -0.3 is 10.2 Å². The summed E-state index contributed by atoms with van der Waals surface area (Å²) < 4.78 is 0. The second-order valence-corrected chi connectivity index (χ2v) is 8.98. The lowest BCUT2D eigenvalue weighted by Gasteiger charge is -2.19. The maximum atomic E-state index is 12.4. The number of thiazole rings is 1. The Labute approximate surface area is 166 Å². The highest BCUT2D eigenvalue weighted by Crippen LogP contribution is 2.27. The fraction of sp³-hybridized carbons (Fsp3) is 0.762. The van der Waals surface area contributed by atoms with Crippen molar-refractivity contribution in [3.63, 3.8) is 0 Å². The van der Waals surface area contributed by atoms with E-state index in [4.69, 9.17) is 4.98 Å². The lowest BCUT2D eigenvalue weighted by Crippen LogP contribution is -2.37. The van der Waals surface area contributed by atoms with Gasteiger partial charge in [-0.15, -0.1) is 11.3 Å². The number of amides is 2. The van der Waals surface area contributed by atoms with Gasteiger partial charge in [0.2, 0.25) is 11.8 Å². The number of aryl methyl sites for hydroxylation is 2. The minimum absolute atomic E-state index is 0.105. The highest BCUT2D eigenvalue weighted by Gasteiger charge is 2.20. The molecule has 0 bridgehead atoms. The average molecular weight is 392 g/mol. The van der Waals surface area contributed by atoms with Crippen molar-refractivity contribution in [2.75, 3.05) is 18.4 Å². The molecule has 27 heavy (non-hydrogen) atoms. The predicted octanol–water partition coefficient (Wildman–Crippen LogP) is 4.70. The number of fused-ring (bicyclic) bond motifs is 1. The first-order valence-corrected chi connectivity index (χ1v) is 11.6. The molecule has 1 aromatic rings. The minimum Gasteiger partial charge on any atom is -0.333 e. The van der Waals surface area contributed by atoms with E-state index in [1.807, 2.05) is 0 Å². The fourth-order valence-corrected chi connectivity index (χ4v) is 5.07. The molecular formula is C21H33N3O2S. The van der Waals surface area contributed by atoms with Crippen LogP contribution >= 0.6 is 11.3 Å². The van der Waals surface area contributed by atoms with Gasteiger partial charge in [0.05, 0.1) is 12.2 Å². The van der Waals surface area contributed by atoms with Crippen LogP contribution < -0.4 is 5.32 Å². The molecule has 1 aromatic heterocycles. The number of anilines is 1. The van der Waals surface area contributed by atoms with E-state index in [1.54, 1.807) is 16.2 Å². The number of aromatic nitrogens is 1. The summed E-state index contributed by atoms with van der Waals surface area (Å²) in [5.74, 6) is -0.0105. The Morgan fingerprint density at radius 3 is 2.30 bits per heavy atom. The first kappa shape index (κ1) is 20.3. The fourth-order valence-electron chi connectivity index (χ4n) is 4.00. The molecule has 1 aliphatic carbocycles. The number of hydrogen-bond donors (Lipinski definition) is 1. The van der Waals surface area contributed by atoms with Gasteiger partial charge in [0.15, 0.2) is 5.13 Å². The van der Waals surface area contributed by atoms with E-state index < -0.39 is 0 Å². The Hall–Kier alpha value is -1.43. The molecular weight excluding hydrogens is 358 g/mol. The van der Waals surface area contributed by atoms with E-state index in [0.29, 0.717) is 18.1 Å². The summed E-state index contributed by atoms with van der Waals surface area (Å²) in [6.45, 7) is 0.851. The second-order valence-electron chi connectivity index (χ2n) is 7.89. The van der Waals surface area contributed by atoms with Gasteiger partial charge in [0.1, 0.15) is 0 Å². The zero-order valence-electron chi connectivity index (χ0n) is 16.4. The number of rotatable bonds is 3. The van der Waals surface area contributed by atoms with E-state index in [2.05, 4.69) is 5.32 Å². The number of likely N-dealkylation sites (tertiary alicyclic amines) is 1. The third-order valence-corrected chi connectivity index (χ3v) is 6.67. The van der Waals surface area contributed by atoms with Gasteiger partial charge in [-0.05, 0) is 38.5 Å². The molecule has 2 aliphatic rings. The Morgan fingerprint density at radius 2 is 1.52 bits per heavy atom. The van der Waals surface area contributed by atoms with Gasteiger partial charge in [-0.2, -0.15) is 0 Å². The van der Waals surface area contributed by atoms with Crippen LogP contribution in [0.4, 0.5) is 5.13 Å². The van der Waals surface area contributed by atoms with Crippen molar-refractivity contribution in [3.8, 4) is 0 Å². The van der Waals surface area contributed by atoms with Crippen molar-refractivity contribution in [1.82, 2.24) is 9.88 Å². The summed E-state index contributed by atoms with van der Waals surface area (Å²) in [4.78, 5) is 32.3. The summed E-state index contributed by atoms with van der Waals surface area (Å²) in [7, 11) is 0. The topological polar surface area (TPSA) is 62.3 Å². The highest BCUT2D eigenvalue weighted by molar-refractivity contribution is 7.15. The first-order valence-electron chi connectivity index (χ1n) is 10.8. The molecule has 1 fully saturated rings. The summed E-state index contributed by atoms with van der Waals surface area (Å²) in [6.07, 6.45) is 16.0. The van der Waals surface area contributed by atoms with Gasteiger partial charge in [-0.1, -0.05) is 44.9 Å². The molecule has 0 aromatic carbocycles. The quantitative estimate of drug-likeness (QED) is 0.812. The number of nitrogens with one attached hydrogen (secondary N) is 1. The van der Waals surface area contributed by atoms with E-state index >= 15 is 0 Å². The monoisotopic (exact) mass is 391 g/mol. The maximum Gasteiger partial charge on any atom is 0.245 e. The van der Waals surface area contributed by atoms with Crippen LogP contribution in [0.15, 0.2) is 0 Å². The van der Waals surface area contributed by atoms with Gasteiger partial charge in [-0.3, -0.25) is 9.59 Å². The zero-order valence-corrected chi connectivity index (χ0v) is 17.2. The van der Waals surface area contributed by atoms with Crippen LogP contribution in [-0.4, -0.2) is 34.8 Å². The molecule has 0 radical (unpaired) electrons.